The van der Waals surface area contributed by atoms with Crippen LogP contribution < -0.4 is 10.6 Å². The Hall–Kier alpha value is -2.26. The standard InChI is InChI=1S/C29H44BN3O5/c1-27(2,3)36-26(35)33-14-10-13-21(33)18-31-25(34)32-24(15-19-11-8-7-9-12-19)30-37-23-17-20-16-22(28(20,4)5)29(23,6)38-30/h7-9,11-12,20-24H,10,13-18H2,1-6H3,(H2,31,32,34)/t20?,21-,22?,23+,24-,29-/m0/s1. The van der Waals surface area contributed by atoms with E-state index >= 15 is 0 Å². The van der Waals surface area contributed by atoms with Crippen molar-refractivity contribution in [3.8, 4) is 0 Å². The summed E-state index contributed by atoms with van der Waals surface area (Å²) in [5.74, 6) is 0.776. The number of hydrogen-bond donors (Lipinski definition) is 2. The van der Waals surface area contributed by atoms with Gasteiger partial charge < -0.3 is 29.6 Å². The molecular formula is C29H44BN3O5. The molecule has 3 amide bonds. The average molecular weight is 525 g/mol. The van der Waals surface area contributed by atoms with Gasteiger partial charge in [0.25, 0.3) is 0 Å². The van der Waals surface area contributed by atoms with Gasteiger partial charge in [0.05, 0.1) is 23.7 Å². The minimum atomic E-state index is -0.551. The minimum absolute atomic E-state index is 0.0493. The van der Waals surface area contributed by atoms with Gasteiger partial charge in [-0.1, -0.05) is 44.2 Å². The molecule has 9 heteroatoms. The molecule has 2 unspecified atom stereocenters. The molecule has 2 N–H and O–H groups in total. The van der Waals surface area contributed by atoms with Gasteiger partial charge in [-0.15, -0.1) is 0 Å². The molecule has 2 aliphatic heterocycles. The monoisotopic (exact) mass is 525 g/mol. The van der Waals surface area contributed by atoms with Crippen LogP contribution in [0.4, 0.5) is 9.59 Å². The first-order valence-electron chi connectivity index (χ1n) is 14.3. The summed E-state index contributed by atoms with van der Waals surface area (Å²) in [6.45, 7) is 13.5. The molecule has 6 atom stereocenters. The van der Waals surface area contributed by atoms with Crippen LogP contribution in [0, 0.1) is 17.3 Å². The lowest BCUT2D eigenvalue weighted by Gasteiger charge is -2.64. The van der Waals surface area contributed by atoms with Crippen molar-refractivity contribution in [3.63, 3.8) is 0 Å². The highest BCUT2D eigenvalue weighted by Crippen LogP contribution is 2.65. The molecule has 3 saturated carbocycles. The molecule has 5 fully saturated rings. The normalized spacial score (nSPS) is 32.3. The highest BCUT2D eigenvalue weighted by molar-refractivity contribution is 6.48. The molecule has 3 aliphatic carbocycles. The number of urea groups is 1. The number of nitrogens with one attached hydrogen (secondary N) is 2. The minimum Gasteiger partial charge on any atom is -0.444 e. The van der Waals surface area contributed by atoms with Crippen LogP contribution in [0.3, 0.4) is 0 Å². The van der Waals surface area contributed by atoms with Gasteiger partial charge in [-0.2, -0.15) is 0 Å². The fourth-order valence-corrected chi connectivity index (χ4v) is 7.19. The fraction of sp³-hybridized carbons (Fsp3) is 0.724. The van der Waals surface area contributed by atoms with Crippen LogP contribution in [0.5, 0.6) is 0 Å². The van der Waals surface area contributed by atoms with Crippen molar-refractivity contribution in [2.45, 2.75) is 103 Å². The van der Waals surface area contributed by atoms with Crippen LogP contribution in [0.15, 0.2) is 30.3 Å². The summed E-state index contributed by atoms with van der Waals surface area (Å²) in [6, 6.07) is 9.77. The van der Waals surface area contributed by atoms with E-state index in [-0.39, 0.29) is 41.2 Å². The van der Waals surface area contributed by atoms with E-state index in [9.17, 15) is 9.59 Å². The Balaban J connectivity index is 1.23. The van der Waals surface area contributed by atoms with E-state index < -0.39 is 12.7 Å². The number of hydrogen-bond acceptors (Lipinski definition) is 5. The Kier molecular flexibility index (Phi) is 7.22. The molecule has 2 heterocycles. The number of amides is 3. The van der Waals surface area contributed by atoms with Crippen LogP contribution in [0.25, 0.3) is 0 Å². The quantitative estimate of drug-likeness (QED) is 0.532. The molecule has 1 aromatic carbocycles. The van der Waals surface area contributed by atoms with Gasteiger partial charge in [-0.3, -0.25) is 0 Å². The van der Waals surface area contributed by atoms with Gasteiger partial charge >= 0.3 is 19.2 Å². The summed E-state index contributed by atoms with van der Waals surface area (Å²) < 4.78 is 18.8. The van der Waals surface area contributed by atoms with Crippen molar-refractivity contribution in [3.05, 3.63) is 35.9 Å². The zero-order chi connectivity index (χ0) is 27.3. The third-order valence-corrected chi connectivity index (χ3v) is 9.42. The van der Waals surface area contributed by atoms with Crippen molar-refractivity contribution in [1.82, 2.24) is 15.5 Å². The van der Waals surface area contributed by atoms with Gasteiger partial charge in [-0.05, 0) is 82.6 Å². The van der Waals surface area contributed by atoms with Crippen molar-refractivity contribution < 1.29 is 23.6 Å². The third kappa shape index (κ3) is 5.28. The van der Waals surface area contributed by atoms with E-state index in [4.69, 9.17) is 14.0 Å². The van der Waals surface area contributed by atoms with Crippen LogP contribution in [-0.2, 0) is 20.5 Å². The van der Waals surface area contributed by atoms with Crippen LogP contribution in [0.1, 0.15) is 72.8 Å². The molecule has 1 aromatic rings. The fourth-order valence-electron chi connectivity index (χ4n) is 7.19. The number of benzene rings is 1. The summed E-state index contributed by atoms with van der Waals surface area (Å²) in [6.07, 6.45) is 4.24. The second-order valence-electron chi connectivity index (χ2n) is 13.5. The zero-order valence-corrected chi connectivity index (χ0v) is 23.8. The van der Waals surface area contributed by atoms with E-state index in [1.54, 1.807) is 4.90 Å². The molecular weight excluding hydrogens is 481 g/mol. The Bertz CT molecular complexity index is 1030. The van der Waals surface area contributed by atoms with E-state index in [2.05, 4.69) is 43.5 Å². The van der Waals surface area contributed by atoms with Gasteiger partial charge in [0.15, 0.2) is 0 Å². The largest absolute Gasteiger partial charge is 0.482 e. The van der Waals surface area contributed by atoms with Gasteiger partial charge in [-0.25, -0.2) is 9.59 Å². The van der Waals surface area contributed by atoms with Crippen LogP contribution in [0.2, 0.25) is 0 Å². The summed E-state index contributed by atoms with van der Waals surface area (Å²) >= 11 is 0. The lowest BCUT2D eigenvalue weighted by Crippen LogP contribution is -2.65. The predicted octanol–water partition coefficient (Wildman–Crippen LogP) is 4.56. The van der Waals surface area contributed by atoms with E-state index in [0.29, 0.717) is 31.3 Å². The lowest BCUT2D eigenvalue weighted by atomic mass is 9.43. The van der Waals surface area contributed by atoms with E-state index in [0.717, 1.165) is 24.8 Å². The smallest absolute Gasteiger partial charge is 0.444 e. The maximum Gasteiger partial charge on any atom is 0.482 e. The van der Waals surface area contributed by atoms with E-state index in [1.807, 2.05) is 39.0 Å². The van der Waals surface area contributed by atoms with Gasteiger partial charge in [0.1, 0.15) is 5.60 Å². The highest BCUT2D eigenvalue weighted by atomic mass is 16.7. The second kappa shape index (κ2) is 10.0. The van der Waals surface area contributed by atoms with Crippen LogP contribution >= 0.6 is 0 Å². The summed E-state index contributed by atoms with van der Waals surface area (Å²) in [5, 5.41) is 6.16. The number of carbonyl (C=O) groups excluding carboxylic acids is 2. The molecule has 2 saturated heterocycles. The number of ether oxygens (including phenoxy) is 1. The predicted molar refractivity (Wildman–Crippen MR) is 147 cm³/mol. The molecule has 2 bridgehead atoms. The number of carbonyl (C=O) groups is 2. The van der Waals surface area contributed by atoms with Crippen molar-refractivity contribution in [1.29, 1.82) is 0 Å². The Morgan fingerprint density at radius 1 is 1.18 bits per heavy atom. The second-order valence-corrected chi connectivity index (χ2v) is 13.5. The summed E-state index contributed by atoms with van der Waals surface area (Å²) in [5.41, 5.74) is 0.476. The topological polar surface area (TPSA) is 89.1 Å². The average Bonchev–Trinajstić information content (AvgIpc) is 3.45. The first kappa shape index (κ1) is 27.3. The van der Waals surface area contributed by atoms with Crippen molar-refractivity contribution >= 4 is 19.2 Å². The van der Waals surface area contributed by atoms with Crippen molar-refractivity contribution in [2.75, 3.05) is 13.1 Å². The molecule has 5 aliphatic rings. The molecule has 38 heavy (non-hydrogen) atoms. The number of likely N-dealkylation sites (tertiary alicyclic amines) is 1. The third-order valence-electron chi connectivity index (χ3n) is 9.42. The highest BCUT2D eigenvalue weighted by Gasteiger charge is 2.68. The SMILES string of the molecule is CC(C)(C)OC(=O)N1CCC[C@H]1CNC(=O)N[C@@H](Cc1ccccc1)B1O[C@@H]2CC3CC(C3(C)C)[C@]2(C)O1. The molecule has 0 aromatic heterocycles. The zero-order valence-electron chi connectivity index (χ0n) is 23.8. The van der Waals surface area contributed by atoms with Crippen molar-refractivity contribution in [2.24, 2.45) is 17.3 Å². The van der Waals surface area contributed by atoms with Gasteiger partial charge in [0.2, 0.25) is 0 Å². The molecule has 0 spiro atoms. The first-order chi connectivity index (χ1) is 17.9. The summed E-state index contributed by atoms with van der Waals surface area (Å²) in [7, 11) is -0.518. The van der Waals surface area contributed by atoms with Crippen LogP contribution in [-0.4, -0.2) is 66.5 Å². The Labute approximate surface area is 227 Å². The maximum absolute atomic E-state index is 13.2. The number of nitrogens with zero attached hydrogens (tertiary/aromatic N) is 1. The molecule has 0 radical (unpaired) electrons. The number of rotatable bonds is 6. The summed E-state index contributed by atoms with van der Waals surface area (Å²) in [4.78, 5) is 27.5. The Morgan fingerprint density at radius 3 is 2.61 bits per heavy atom. The lowest BCUT2D eigenvalue weighted by molar-refractivity contribution is -0.199. The van der Waals surface area contributed by atoms with Gasteiger partial charge in [0, 0.05) is 13.1 Å². The van der Waals surface area contributed by atoms with E-state index in [1.165, 1.54) is 6.42 Å². The molecule has 6 rings (SSSR count). The first-order valence-corrected chi connectivity index (χ1v) is 14.3. The molecule has 208 valence electrons. The molecule has 8 nitrogen and oxygen atoms in total. The maximum atomic E-state index is 13.2. The Morgan fingerprint density at radius 2 is 1.92 bits per heavy atom.